The number of benzene rings is 1. The molecule has 1 heterocycles. The van der Waals surface area contributed by atoms with E-state index in [1.807, 2.05) is 30.5 Å². The predicted molar refractivity (Wildman–Crippen MR) is 90.9 cm³/mol. The van der Waals surface area contributed by atoms with Crippen molar-refractivity contribution in [2.45, 2.75) is 38.3 Å². The minimum atomic E-state index is -0.594. The maximum Gasteiger partial charge on any atom is 0.118 e. The highest BCUT2D eigenvalue weighted by molar-refractivity contribution is 5.79. The van der Waals surface area contributed by atoms with E-state index in [1.165, 1.54) is 0 Å². The van der Waals surface area contributed by atoms with Crippen molar-refractivity contribution in [3.63, 3.8) is 0 Å². The Hall–Kier alpha value is -1.39. The van der Waals surface area contributed by atoms with Crippen molar-refractivity contribution < 1.29 is 9.84 Å². The summed E-state index contributed by atoms with van der Waals surface area (Å²) in [5, 5.41) is 10.9. The molecule has 1 N–H and O–H groups in total. The molecule has 0 saturated carbocycles. The number of aliphatic imine (C=N–C) groups is 1. The molecule has 0 aliphatic carbocycles. The summed E-state index contributed by atoms with van der Waals surface area (Å²) in [5.41, 5.74) is 0.459. The molecule has 4 nitrogen and oxygen atoms in total. The minimum absolute atomic E-state index is 0.282. The number of piperidine rings is 1. The van der Waals surface area contributed by atoms with E-state index < -0.39 is 5.60 Å². The lowest BCUT2D eigenvalue weighted by Crippen LogP contribution is -2.53. The molecule has 3 atom stereocenters. The fraction of sp³-hybridized carbons (Fsp3) is 0.611. The zero-order valence-corrected chi connectivity index (χ0v) is 14.1. The van der Waals surface area contributed by atoms with Gasteiger partial charge < -0.3 is 14.7 Å². The van der Waals surface area contributed by atoms with Crippen LogP contribution in [0.3, 0.4) is 0 Å². The molecule has 1 aromatic rings. The fourth-order valence-corrected chi connectivity index (χ4v) is 3.12. The first-order valence-electron chi connectivity index (χ1n) is 8.01. The Bertz CT molecular complexity index is 500. The minimum Gasteiger partial charge on any atom is -0.497 e. The second kappa shape index (κ2) is 7.25. The van der Waals surface area contributed by atoms with Gasteiger partial charge in [-0.2, -0.15) is 0 Å². The molecule has 1 aliphatic heterocycles. The molecule has 0 unspecified atom stereocenters. The largest absolute Gasteiger partial charge is 0.497 e. The summed E-state index contributed by atoms with van der Waals surface area (Å²) in [6.07, 6.45) is 3.41. The molecule has 1 fully saturated rings. The summed E-state index contributed by atoms with van der Waals surface area (Å²) in [5.74, 6) is 1.13. The average molecular weight is 304 g/mol. The average Bonchev–Trinajstić information content (AvgIpc) is 2.50. The van der Waals surface area contributed by atoms with Gasteiger partial charge in [-0.05, 0) is 62.6 Å². The smallest absolute Gasteiger partial charge is 0.118 e. The second-order valence-corrected chi connectivity index (χ2v) is 6.56. The van der Waals surface area contributed by atoms with E-state index >= 15 is 0 Å². The number of aliphatic hydroxyl groups is 1. The Morgan fingerprint density at radius 1 is 1.36 bits per heavy atom. The molecule has 0 bridgehead atoms. The first-order valence-corrected chi connectivity index (χ1v) is 8.01. The summed E-state index contributed by atoms with van der Waals surface area (Å²) in [4.78, 5) is 6.79. The van der Waals surface area contributed by atoms with Gasteiger partial charge in [-0.1, -0.05) is 6.92 Å². The number of nitrogens with zero attached hydrogens (tertiary/aromatic N) is 2. The Labute approximate surface area is 133 Å². The zero-order valence-electron chi connectivity index (χ0n) is 14.1. The molecule has 0 aromatic heterocycles. The number of ether oxygens (including phenoxy) is 1. The van der Waals surface area contributed by atoms with Gasteiger partial charge in [0.25, 0.3) is 0 Å². The van der Waals surface area contributed by atoms with Crippen molar-refractivity contribution in [1.29, 1.82) is 0 Å². The third kappa shape index (κ3) is 4.08. The Balaban J connectivity index is 1.87. The van der Waals surface area contributed by atoms with Gasteiger partial charge in [0.15, 0.2) is 0 Å². The molecule has 0 spiro atoms. The Morgan fingerprint density at radius 2 is 2.05 bits per heavy atom. The van der Waals surface area contributed by atoms with Gasteiger partial charge in [0.05, 0.1) is 12.7 Å². The normalized spacial score (nSPS) is 29.9. The molecular weight excluding hydrogens is 276 g/mol. The van der Waals surface area contributed by atoms with Crippen molar-refractivity contribution in [2.75, 3.05) is 27.2 Å². The van der Waals surface area contributed by atoms with Gasteiger partial charge >= 0.3 is 0 Å². The molecule has 1 saturated heterocycles. The molecule has 122 valence electrons. The van der Waals surface area contributed by atoms with E-state index in [9.17, 15) is 5.11 Å². The maximum absolute atomic E-state index is 10.9. The lowest BCUT2D eigenvalue weighted by Gasteiger charge is -2.45. The Morgan fingerprint density at radius 3 is 2.68 bits per heavy atom. The number of likely N-dealkylation sites (tertiary alicyclic amines) is 1. The van der Waals surface area contributed by atoms with Crippen LogP contribution in [-0.2, 0) is 0 Å². The van der Waals surface area contributed by atoms with E-state index in [0.717, 1.165) is 30.7 Å². The summed E-state index contributed by atoms with van der Waals surface area (Å²) < 4.78 is 5.14. The van der Waals surface area contributed by atoms with E-state index in [2.05, 4.69) is 30.8 Å². The second-order valence-electron chi connectivity index (χ2n) is 6.56. The summed E-state index contributed by atoms with van der Waals surface area (Å²) in [6.45, 7) is 5.91. The zero-order chi connectivity index (χ0) is 16.2. The van der Waals surface area contributed by atoms with Crippen LogP contribution in [0.2, 0.25) is 0 Å². The van der Waals surface area contributed by atoms with Crippen LogP contribution in [0, 0.1) is 5.92 Å². The monoisotopic (exact) mass is 304 g/mol. The lowest BCUT2D eigenvalue weighted by molar-refractivity contribution is -0.0818. The molecule has 1 aromatic carbocycles. The molecular formula is C18H28N2O2. The van der Waals surface area contributed by atoms with Crippen molar-refractivity contribution in [3.05, 3.63) is 29.8 Å². The fourth-order valence-electron chi connectivity index (χ4n) is 3.12. The van der Waals surface area contributed by atoms with Crippen LogP contribution in [-0.4, -0.2) is 55.1 Å². The Kier molecular flexibility index (Phi) is 5.59. The predicted octanol–water partition coefficient (Wildman–Crippen LogP) is 2.60. The van der Waals surface area contributed by atoms with E-state index in [1.54, 1.807) is 7.11 Å². The summed E-state index contributed by atoms with van der Waals surface area (Å²) in [7, 11) is 3.79. The number of methoxy groups -OCH3 is 1. The molecule has 1 aliphatic rings. The molecule has 2 rings (SSSR count). The number of hydrogen-bond acceptors (Lipinski definition) is 4. The standard InChI is InChI=1S/C18H28N2O2/c1-14-13-20(3)15(2)11-18(14,21)9-10-19-12-16-5-7-17(22-4)8-6-16/h5-8,12,14-15,21H,9-11,13H2,1-4H3/t14-,15-,18+/m1/s1. The highest BCUT2D eigenvalue weighted by atomic mass is 16.5. The molecule has 0 amide bonds. The van der Waals surface area contributed by atoms with Gasteiger partial charge in [-0.15, -0.1) is 0 Å². The van der Waals surface area contributed by atoms with Crippen molar-refractivity contribution in [2.24, 2.45) is 10.9 Å². The SMILES string of the molecule is COc1ccc(C=NCC[C@]2(O)C[C@@H](C)N(C)C[C@H]2C)cc1. The third-order valence-electron chi connectivity index (χ3n) is 4.91. The first kappa shape index (κ1) is 17.0. The van der Waals surface area contributed by atoms with Crippen molar-refractivity contribution in [3.8, 4) is 5.75 Å². The van der Waals surface area contributed by atoms with E-state index in [4.69, 9.17) is 4.74 Å². The third-order valence-corrected chi connectivity index (χ3v) is 4.91. The topological polar surface area (TPSA) is 45.1 Å². The van der Waals surface area contributed by atoms with Gasteiger partial charge in [0, 0.05) is 25.3 Å². The summed E-state index contributed by atoms with van der Waals surface area (Å²) in [6, 6.07) is 8.24. The number of rotatable bonds is 5. The molecule has 4 heteroatoms. The van der Waals surface area contributed by atoms with E-state index in [0.29, 0.717) is 12.6 Å². The first-order chi connectivity index (χ1) is 10.4. The van der Waals surface area contributed by atoms with Crippen LogP contribution in [0.4, 0.5) is 0 Å². The van der Waals surface area contributed by atoms with Gasteiger partial charge in [0.1, 0.15) is 5.75 Å². The highest BCUT2D eigenvalue weighted by Gasteiger charge is 2.40. The van der Waals surface area contributed by atoms with Gasteiger partial charge in [-0.3, -0.25) is 4.99 Å². The van der Waals surface area contributed by atoms with Crippen LogP contribution >= 0.6 is 0 Å². The van der Waals surface area contributed by atoms with Crippen LogP contribution in [0.5, 0.6) is 5.75 Å². The maximum atomic E-state index is 10.9. The summed E-state index contributed by atoms with van der Waals surface area (Å²) >= 11 is 0. The van der Waals surface area contributed by atoms with Crippen LogP contribution in [0.15, 0.2) is 29.3 Å². The van der Waals surface area contributed by atoms with Crippen LogP contribution in [0.25, 0.3) is 0 Å². The van der Waals surface area contributed by atoms with Crippen LogP contribution in [0.1, 0.15) is 32.3 Å². The van der Waals surface area contributed by atoms with Gasteiger partial charge in [0.2, 0.25) is 0 Å². The van der Waals surface area contributed by atoms with Crippen LogP contribution < -0.4 is 4.74 Å². The van der Waals surface area contributed by atoms with E-state index in [-0.39, 0.29) is 5.92 Å². The highest BCUT2D eigenvalue weighted by Crippen LogP contribution is 2.33. The quantitative estimate of drug-likeness (QED) is 0.851. The van der Waals surface area contributed by atoms with Gasteiger partial charge in [-0.25, -0.2) is 0 Å². The lowest BCUT2D eigenvalue weighted by atomic mass is 9.77. The van der Waals surface area contributed by atoms with Crippen molar-refractivity contribution >= 4 is 6.21 Å². The molecule has 22 heavy (non-hydrogen) atoms. The number of hydrogen-bond donors (Lipinski definition) is 1. The van der Waals surface area contributed by atoms with Crippen molar-refractivity contribution in [1.82, 2.24) is 4.90 Å². The molecule has 0 radical (unpaired) electrons.